The first-order valence-corrected chi connectivity index (χ1v) is 10.6. The van der Waals surface area contributed by atoms with E-state index < -0.39 is 6.09 Å². The first kappa shape index (κ1) is 20.3. The largest absolute Gasteiger partial charge is 0.419 e. The molecule has 0 bridgehead atoms. The molecule has 0 saturated carbocycles. The van der Waals surface area contributed by atoms with E-state index in [1.54, 1.807) is 28.1 Å². The lowest BCUT2D eigenvalue weighted by Crippen LogP contribution is -2.52. The van der Waals surface area contributed by atoms with Gasteiger partial charge in [-0.1, -0.05) is 24.3 Å². The van der Waals surface area contributed by atoms with Crippen LogP contribution >= 0.6 is 0 Å². The Hall–Kier alpha value is -3.65. The van der Waals surface area contributed by atoms with Gasteiger partial charge in [-0.2, -0.15) is 5.10 Å². The summed E-state index contributed by atoms with van der Waals surface area (Å²) in [5.41, 5.74) is 3.16. The lowest BCUT2D eigenvalue weighted by Gasteiger charge is -2.40. The lowest BCUT2D eigenvalue weighted by molar-refractivity contribution is -0.117. The molecule has 2 aromatic carbocycles. The molecule has 164 valence electrons. The van der Waals surface area contributed by atoms with Crippen molar-refractivity contribution in [2.45, 2.75) is 25.9 Å². The molecule has 32 heavy (non-hydrogen) atoms. The number of carbonyl (C=O) groups is 2. The Morgan fingerprint density at radius 3 is 2.53 bits per heavy atom. The normalized spacial score (nSPS) is 18.1. The van der Waals surface area contributed by atoms with Gasteiger partial charge < -0.3 is 14.4 Å². The second-order valence-corrected chi connectivity index (χ2v) is 8.13. The summed E-state index contributed by atoms with van der Waals surface area (Å²) in [7, 11) is 0. The van der Waals surface area contributed by atoms with E-state index in [1.165, 1.54) is 6.92 Å². The van der Waals surface area contributed by atoms with Crippen LogP contribution in [0.3, 0.4) is 0 Å². The molecule has 1 fully saturated rings. The van der Waals surface area contributed by atoms with E-state index >= 15 is 0 Å². The maximum atomic E-state index is 13.1. The molecule has 2 aliphatic heterocycles. The molecule has 8 nitrogen and oxygen atoms in total. The Labute approximate surface area is 185 Å². The van der Waals surface area contributed by atoms with Crippen molar-refractivity contribution in [2.24, 2.45) is 0 Å². The minimum Gasteiger partial charge on any atom is -0.410 e. The molecule has 0 aliphatic carbocycles. The third-order valence-electron chi connectivity index (χ3n) is 5.85. The molecule has 2 aliphatic rings. The van der Waals surface area contributed by atoms with Gasteiger partial charge in [0.1, 0.15) is 5.75 Å². The molecule has 8 heteroatoms. The van der Waals surface area contributed by atoms with E-state index in [0.717, 1.165) is 11.1 Å². The number of para-hydroxylation sites is 1. The fraction of sp³-hybridized carbons (Fsp3) is 0.292. The summed E-state index contributed by atoms with van der Waals surface area (Å²) in [5, 5.41) is 4.46. The Morgan fingerprint density at radius 1 is 1.06 bits per heavy atom. The summed E-state index contributed by atoms with van der Waals surface area (Å²) >= 11 is 0. The first-order chi connectivity index (χ1) is 15.5. The van der Waals surface area contributed by atoms with E-state index in [9.17, 15) is 9.59 Å². The third-order valence-corrected chi connectivity index (χ3v) is 5.85. The summed E-state index contributed by atoms with van der Waals surface area (Å²) in [6.45, 7) is 5.12. The van der Waals surface area contributed by atoms with Crippen LogP contribution in [0.1, 0.15) is 19.9 Å². The van der Waals surface area contributed by atoms with Crippen molar-refractivity contribution >= 4 is 23.4 Å². The van der Waals surface area contributed by atoms with Gasteiger partial charge in [0.25, 0.3) is 0 Å². The fourth-order valence-corrected chi connectivity index (χ4v) is 4.16. The Kier molecular flexibility index (Phi) is 5.14. The Morgan fingerprint density at radius 2 is 1.84 bits per heavy atom. The molecule has 3 heterocycles. The van der Waals surface area contributed by atoms with Crippen LogP contribution in [0, 0.1) is 0 Å². The number of anilines is 2. The summed E-state index contributed by atoms with van der Waals surface area (Å²) in [6, 6.07) is 14.8. The quantitative estimate of drug-likeness (QED) is 0.628. The van der Waals surface area contributed by atoms with Crippen molar-refractivity contribution in [3.8, 4) is 16.9 Å². The summed E-state index contributed by atoms with van der Waals surface area (Å²) in [5.74, 6) is 0.404. The van der Waals surface area contributed by atoms with Gasteiger partial charge >= 0.3 is 6.09 Å². The molecule has 2 amide bonds. The highest BCUT2D eigenvalue weighted by Gasteiger charge is 2.35. The highest BCUT2D eigenvalue weighted by molar-refractivity contribution is 6.03. The van der Waals surface area contributed by atoms with Crippen LogP contribution < -0.4 is 14.5 Å². The minimum atomic E-state index is -0.480. The predicted octanol–water partition coefficient (Wildman–Crippen LogP) is 3.88. The van der Waals surface area contributed by atoms with E-state index in [0.29, 0.717) is 36.9 Å². The third kappa shape index (κ3) is 3.62. The minimum absolute atomic E-state index is 0.0691. The molecule has 0 radical (unpaired) electrons. The molecule has 0 unspecified atom stereocenters. The molecule has 1 saturated heterocycles. The van der Waals surface area contributed by atoms with Crippen LogP contribution in [0.15, 0.2) is 60.9 Å². The zero-order chi connectivity index (χ0) is 22.2. The molecule has 5 rings (SSSR count). The van der Waals surface area contributed by atoms with Crippen LogP contribution in [0.2, 0.25) is 0 Å². The van der Waals surface area contributed by atoms with E-state index in [-0.39, 0.29) is 18.0 Å². The summed E-state index contributed by atoms with van der Waals surface area (Å²) in [4.78, 5) is 28.8. The monoisotopic (exact) mass is 432 g/mol. The average molecular weight is 432 g/mol. The number of hydrogen-bond acceptors (Lipinski definition) is 5. The van der Waals surface area contributed by atoms with Crippen molar-refractivity contribution in [1.82, 2.24) is 9.78 Å². The van der Waals surface area contributed by atoms with Gasteiger partial charge in [-0.25, -0.2) is 4.79 Å². The van der Waals surface area contributed by atoms with E-state index in [1.807, 2.05) is 54.2 Å². The molecule has 0 N–H and O–H groups in total. The number of carbonyl (C=O) groups excluding carboxylic acids is 2. The SMILES string of the molecule is CC(=O)N1c2ccc(-c3cnn(C4COC4)c3)cc2N(C(=O)Oc2ccccc2)C[C@@H]1C. The number of hydrogen-bond donors (Lipinski definition) is 0. The van der Waals surface area contributed by atoms with Gasteiger partial charge in [0.2, 0.25) is 5.91 Å². The average Bonchev–Trinajstić information content (AvgIpc) is 3.21. The highest BCUT2D eigenvalue weighted by Crippen LogP contribution is 2.39. The zero-order valence-corrected chi connectivity index (χ0v) is 18.0. The Balaban J connectivity index is 1.51. The maximum absolute atomic E-state index is 13.1. The smallest absolute Gasteiger partial charge is 0.410 e. The van der Waals surface area contributed by atoms with Crippen LogP contribution in [0.5, 0.6) is 5.75 Å². The van der Waals surface area contributed by atoms with Crippen molar-refractivity contribution < 1.29 is 19.1 Å². The Bertz CT molecular complexity index is 1160. The second kappa shape index (κ2) is 8.12. The molecular formula is C24H24N4O4. The van der Waals surface area contributed by atoms with E-state index in [4.69, 9.17) is 9.47 Å². The van der Waals surface area contributed by atoms with Gasteiger partial charge in [-0.3, -0.25) is 14.4 Å². The fourth-order valence-electron chi connectivity index (χ4n) is 4.16. The van der Waals surface area contributed by atoms with Crippen LogP contribution in [0.4, 0.5) is 16.2 Å². The molecular weight excluding hydrogens is 408 g/mol. The number of rotatable bonds is 3. The molecule has 3 aromatic rings. The van der Waals surface area contributed by atoms with Gasteiger partial charge in [0.05, 0.1) is 42.9 Å². The van der Waals surface area contributed by atoms with Gasteiger partial charge in [-0.15, -0.1) is 0 Å². The number of amides is 2. The van der Waals surface area contributed by atoms with Crippen molar-refractivity contribution in [3.05, 3.63) is 60.9 Å². The summed E-state index contributed by atoms with van der Waals surface area (Å²) < 4.78 is 12.8. The lowest BCUT2D eigenvalue weighted by atomic mass is 10.0. The predicted molar refractivity (Wildman–Crippen MR) is 120 cm³/mol. The van der Waals surface area contributed by atoms with E-state index in [2.05, 4.69) is 5.10 Å². The topological polar surface area (TPSA) is 76.9 Å². The number of nitrogens with zero attached hydrogens (tertiary/aromatic N) is 4. The molecule has 0 spiro atoms. The number of aromatic nitrogens is 2. The second-order valence-electron chi connectivity index (χ2n) is 8.13. The van der Waals surface area contributed by atoms with Crippen LogP contribution in [0.25, 0.3) is 11.1 Å². The van der Waals surface area contributed by atoms with Crippen LogP contribution in [-0.2, 0) is 9.53 Å². The van der Waals surface area contributed by atoms with Crippen LogP contribution in [-0.4, -0.2) is 47.6 Å². The molecule has 1 atom stereocenters. The highest BCUT2D eigenvalue weighted by atomic mass is 16.6. The van der Waals surface area contributed by atoms with Crippen molar-refractivity contribution in [2.75, 3.05) is 29.6 Å². The maximum Gasteiger partial charge on any atom is 0.419 e. The molecule has 1 aromatic heterocycles. The standard InChI is InChI=1S/C24H24N4O4/c1-16-12-26(24(30)32-21-6-4-3-5-7-21)23-10-18(8-9-22(23)28(16)17(2)29)19-11-25-27(13-19)20-14-31-15-20/h3-11,13,16,20H,12,14-15H2,1-2H3/t16-/m0/s1. The van der Waals surface area contributed by atoms with Gasteiger partial charge in [0, 0.05) is 25.2 Å². The van der Waals surface area contributed by atoms with Crippen molar-refractivity contribution in [3.63, 3.8) is 0 Å². The van der Waals surface area contributed by atoms with Gasteiger partial charge in [0.15, 0.2) is 0 Å². The first-order valence-electron chi connectivity index (χ1n) is 10.6. The number of benzene rings is 2. The number of fused-ring (bicyclic) bond motifs is 1. The van der Waals surface area contributed by atoms with Crippen molar-refractivity contribution in [1.29, 1.82) is 0 Å². The van der Waals surface area contributed by atoms with Gasteiger partial charge in [-0.05, 0) is 36.8 Å². The summed E-state index contributed by atoms with van der Waals surface area (Å²) in [6.07, 6.45) is 3.31. The zero-order valence-electron chi connectivity index (χ0n) is 18.0. The number of ether oxygens (including phenoxy) is 2.